The molecule has 0 aliphatic carbocycles. The molecule has 0 aliphatic heterocycles. The molecule has 28 heteroatoms. The highest BCUT2D eigenvalue weighted by Gasteiger charge is 2.72. The molecule has 6 rings (SSSR count). The number of nitrogens with zero attached hydrogens (tertiary/aromatic N) is 3. The number of benzene rings is 4. The van der Waals surface area contributed by atoms with Gasteiger partial charge in [-0.2, -0.15) is 71.5 Å². The summed E-state index contributed by atoms with van der Waals surface area (Å²) in [7, 11) is 0. The van der Waals surface area contributed by atoms with E-state index in [2.05, 4.69) is 46.3 Å². The fourth-order valence-corrected chi connectivity index (χ4v) is 8.67. The zero-order chi connectivity index (χ0) is 53.4. The van der Waals surface area contributed by atoms with Gasteiger partial charge in [-0.15, -0.1) is 0 Å². The third kappa shape index (κ3) is 12.0. The molecule has 2 unspecified atom stereocenters. The Balaban J connectivity index is 0.000000264. The van der Waals surface area contributed by atoms with Crippen molar-refractivity contribution < 1.29 is 94.0 Å². The highest BCUT2D eigenvalue weighted by atomic mass is 79.9. The molecule has 0 amide bonds. The van der Waals surface area contributed by atoms with Crippen molar-refractivity contribution in [2.24, 2.45) is 0 Å². The van der Waals surface area contributed by atoms with Crippen LogP contribution in [-0.4, -0.2) is 51.8 Å². The Kier molecular flexibility index (Phi) is 16.8. The largest absolute Gasteiger partial charge is 0.618 e. The van der Waals surface area contributed by atoms with Crippen LogP contribution in [0.1, 0.15) is 48.7 Å². The lowest BCUT2D eigenvalue weighted by Crippen LogP contribution is -2.49. The van der Waals surface area contributed by atoms with Crippen molar-refractivity contribution in [2.45, 2.75) is 59.4 Å². The van der Waals surface area contributed by atoms with Crippen LogP contribution < -0.4 is 14.2 Å². The number of carbonyl (C=O) groups excluding carboxylic acids is 2. The molecular weight excluding hydrogens is 1260 g/mol. The van der Waals surface area contributed by atoms with Crippen molar-refractivity contribution >= 4 is 97.1 Å². The zero-order valence-electron chi connectivity index (χ0n) is 34.2. The van der Waals surface area contributed by atoms with Crippen LogP contribution in [0.3, 0.4) is 0 Å². The predicted molar refractivity (Wildman–Crippen MR) is 232 cm³/mol. The van der Waals surface area contributed by atoms with Gasteiger partial charge in [-0.05, 0) is 105 Å². The Labute approximate surface area is 420 Å². The van der Waals surface area contributed by atoms with Gasteiger partial charge in [-0.25, -0.2) is 13.8 Å². The van der Waals surface area contributed by atoms with Gasteiger partial charge in [-0.3, -0.25) is 9.59 Å². The second-order valence-corrected chi connectivity index (χ2v) is 18.2. The van der Waals surface area contributed by atoms with Crippen LogP contribution in [0.2, 0.25) is 0 Å². The van der Waals surface area contributed by atoms with Crippen LogP contribution in [0.25, 0.3) is 21.8 Å². The second-order valence-electron chi connectivity index (χ2n) is 14.5. The summed E-state index contributed by atoms with van der Waals surface area (Å²) in [6, 6.07) is 16.4. The molecule has 0 spiro atoms. The summed E-state index contributed by atoms with van der Waals surface area (Å²) in [5, 5.41) is 21.5. The first-order valence-corrected chi connectivity index (χ1v) is 22.0. The van der Waals surface area contributed by atoms with Gasteiger partial charge in [0.15, 0.2) is 17.8 Å². The van der Waals surface area contributed by atoms with E-state index in [0.29, 0.717) is 33.2 Å². The third-order valence-corrected chi connectivity index (χ3v) is 12.5. The van der Waals surface area contributed by atoms with Crippen LogP contribution in [0.15, 0.2) is 100 Å². The number of aromatic nitrogens is 2. The molecule has 2 aromatic heterocycles. The van der Waals surface area contributed by atoms with Gasteiger partial charge in [-0.1, -0.05) is 31.9 Å². The van der Waals surface area contributed by atoms with Crippen LogP contribution in [0.4, 0.5) is 70.2 Å². The molecule has 4 aromatic carbocycles. The molecule has 0 radical (unpaired) electrons. The van der Waals surface area contributed by atoms with Crippen molar-refractivity contribution in [1.82, 2.24) is 4.98 Å². The first-order valence-electron chi connectivity index (χ1n) is 18.8. The van der Waals surface area contributed by atoms with Gasteiger partial charge in [0.1, 0.15) is 23.3 Å². The van der Waals surface area contributed by atoms with Crippen LogP contribution in [0.5, 0.6) is 11.5 Å². The first kappa shape index (κ1) is 56.6. The fraction of sp³-hybridized carbons (Fsp3) is 0.233. The van der Waals surface area contributed by atoms with Crippen LogP contribution in [-0.2, 0) is 24.2 Å². The smallest absolute Gasteiger partial charge is 0.433 e. The number of hydrogen-bond donors (Lipinski definition) is 0. The number of pyridine rings is 2. The lowest BCUT2D eigenvalue weighted by atomic mass is 9.92. The number of Topliss-reactive ketones (excluding diaryl/α,β-unsaturated/α-hetero) is 2. The molecule has 0 saturated heterocycles. The van der Waals surface area contributed by atoms with E-state index in [1.807, 2.05) is 6.07 Å². The number of fused-ring (bicyclic) bond motifs is 2. The molecule has 2 atom stereocenters. The van der Waals surface area contributed by atoms with Crippen molar-refractivity contribution in [1.29, 1.82) is 5.26 Å². The third-order valence-electron chi connectivity index (χ3n) is 9.98. The SMILES string of the molecule is N#Cc1ccc2cc(C(=O)Cc3c(Br)cc(C(F)(C(F)(F)F)C(F)(F)Br)cc3OC(F)F)ccc2n1.O=C(Cc1c(Br)cc(C(F)(C(F)(F)F)C(F)(F)Br)cc1OC(F)F)c1ccc2c(ccc[n+]2[O-])c1. The second kappa shape index (κ2) is 21.1. The Hall–Kier alpha value is -5.27. The molecule has 0 saturated carbocycles. The topological polar surface area (TPSA) is 116 Å². The number of alkyl halides is 18. The maximum Gasteiger partial charge on any atom is 0.433 e. The minimum absolute atomic E-state index is 0.00444. The molecule has 0 bridgehead atoms. The normalized spacial score (nSPS) is 14.1. The summed E-state index contributed by atoms with van der Waals surface area (Å²) < 4.78 is 224. The van der Waals surface area contributed by atoms with Crippen molar-refractivity contribution in [3.8, 4) is 17.6 Å². The van der Waals surface area contributed by atoms with E-state index in [0.717, 1.165) is 0 Å². The monoisotopic (exact) mass is 1280 g/mol. The molecular formula is C43H21Br4F16N3O5. The maximum absolute atomic E-state index is 14.8. The summed E-state index contributed by atoms with van der Waals surface area (Å²) in [4.78, 5) is 19.3. The minimum Gasteiger partial charge on any atom is -0.618 e. The van der Waals surface area contributed by atoms with Gasteiger partial charge in [0.25, 0.3) is 0 Å². The Morgan fingerprint density at radius 1 is 0.634 bits per heavy atom. The van der Waals surface area contributed by atoms with Gasteiger partial charge in [0.2, 0.25) is 5.52 Å². The standard InChI is InChI=1S/C22H10Br2F8N2O2.C21H11Br2F8NO3/c23-15-6-12(20(27,21(24,28)29)22(30,31)32)7-18(36-19(25)26)14(15)8-17(35)11-2-4-16-10(5-11)1-3-13(9-33)34-16;22-14-7-12(19(26,20(23,27)28)21(29,30)31)8-17(35-18(24)25)13(14)9-16(33)11-3-4-15-10(6-11)2-1-5-32(15)34/h1-7,19H,8H2;1-8,18H,9H2. The molecule has 6 aromatic rings. The number of ether oxygens (including phenoxy) is 2. The number of carbonyl (C=O) groups is 2. The lowest BCUT2D eigenvalue weighted by Gasteiger charge is -2.32. The Morgan fingerprint density at radius 2 is 1.07 bits per heavy atom. The van der Waals surface area contributed by atoms with Crippen molar-refractivity contribution in [3.63, 3.8) is 0 Å². The van der Waals surface area contributed by atoms with Gasteiger partial charge < -0.3 is 14.7 Å². The molecule has 0 N–H and O–H groups in total. The van der Waals surface area contributed by atoms with Crippen molar-refractivity contribution in [2.75, 3.05) is 0 Å². The van der Waals surface area contributed by atoms with Crippen LogP contribution >= 0.6 is 63.7 Å². The molecule has 8 nitrogen and oxygen atoms in total. The van der Waals surface area contributed by atoms with E-state index < -0.39 is 114 Å². The van der Waals surface area contributed by atoms with Gasteiger partial charge >= 0.3 is 46.6 Å². The summed E-state index contributed by atoms with van der Waals surface area (Å²) in [5.74, 6) is -3.68. The minimum atomic E-state index is -6.16. The highest BCUT2D eigenvalue weighted by molar-refractivity contribution is 9.11. The summed E-state index contributed by atoms with van der Waals surface area (Å²) >= 11 is 8.27. The van der Waals surface area contributed by atoms with E-state index in [1.165, 1.54) is 98.7 Å². The Bertz CT molecular complexity index is 3020. The highest BCUT2D eigenvalue weighted by Crippen LogP contribution is 2.58. The molecule has 2 heterocycles. The van der Waals surface area contributed by atoms with E-state index in [9.17, 15) is 85.0 Å². The molecule has 71 heavy (non-hydrogen) atoms. The lowest BCUT2D eigenvalue weighted by molar-refractivity contribution is -0.577. The predicted octanol–water partition coefficient (Wildman–Crippen LogP) is 14.6. The Morgan fingerprint density at radius 3 is 1.48 bits per heavy atom. The van der Waals surface area contributed by atoms with Gasteiger partial charge in [0, 0.05) is 78.1 Å². The van der Waals surface area contributed by atoms with E-state index in [1.54, 1.807) is 0 Å². The number of halogens is 20. The molecule has 0 fully saturated rings. The summed E-state index contributed by atoms with van der Waals surface area (Å²) in [5.41, 5.74) is -14.2. The number of ketones is 2. The first-order chi connectivity index (χ1) is 32.6. The van der Waals surface area contributed by atoms with Crippen molar-refractivity contribution in [3.05, 3.63) is 144 Å². The quantitative estimate of drug-likeness (QED) is 0.0351. The fourth-order valence-electron chi connectivity index (χ4n) is 6.60. The summed E-state index contributed by atoms with van der Waals surface area (Å²) in [6.45, 7) is -7.27. The van der Waals surface area contributed by atoms with E-state index in [4.69, 9.17) is 5.26 Å². The average molecular weight is 1280 g/mol. The molecule has 378 valence electrons. The maximum atomic E-state index is 14.8. The number of nitriles is 1. The van der Waals surface area contributed by atoms with Crippen LogP contribution in [0, 0.1) is 16.5 Å². The summed E-state index contributed by atoms with van der Waals surface area (Å²) in [6.07, 6.45) is -12.6. The molecule has 0 aliphatic rings. The van der Waals surface area contributed by atoms with E-state index in [-0.39, 0.29) is 34.5 Å². The van der Waals surface area contributed by atoms with Gasteiger partial charge in [0.05, 0.1) is 5.52 Å². The van der Waals surface area contributed by atoms with E-state index >= 15 is 0 Å². The number of rotatable bonds is 14. The zero-order valence-corrected chi connectivity index (χ0v) is 40.5. The average Bonchev–Trinajstić information content (AvgIpc) is 3.25. The number of hydrogen-bond acceptors (Lipinski definition) is 7.